The van der Waals surface area contributed by atoms with E-state index in [1.165, 1.54) is 17.7 Å². The van der Waals surface area contributed by atoms with Gasteiger partial charge in [-0.2, -0.15) is 0 Å². The second-order valence-electron chi connectivity index (χ2n) is 6.47. The Hall–Kier alpha value is -2.70. The van der Waals surface area contributed by atoms with Crippen LogP contribution in [0.5, 0.6) is 0 Å². The molecule has 1 fully saturated rings. The van der Waals surface area contributed by atoms with Gasteiger partial charge in [0.1, 0.15) is 0 Å². The molecule has 1 aliphatic rings. The first-order valence-corrected chi connectivity index (χ1v) is 8.72. The van der Waals surface area contributed by atoms with Gasteiger partial charge >= 0.3 is 5.97 Å². The van der Waals surface area contributed by atoms with Crippen molar-refractivity contribution in [1.29, 1.82) is 0 Å². The van der Waals surface area contributed by atoms with Gasteiger partial charge < -0.3 is 10.4 Å². The van der Waals surface area contributed by atoms with E-state index < -0.39 is 5.97 Å². The summed E-state index contributed by atoms with van der Waals surface area (Å²) in [7, 11) is 0. The van der Waals surface area contributed by atoms with Crippen LogP contribution in [0.15, 0.2) is 54.6 Å². The summed E-state index contributed by atoms with van der Waals surface area (Å²) in [6.45, 7) is 4.89. The van der Waals surface area contributed by atoms with Crippen LogP contribution in [-0.2, 0) is 11.3 Å². The molecule has 26 heavy (non-hydrogen) atoms. The first-order chi connectivity index (χ1) is 12.6. The van der Waals surface area contributed by atoms with Crippen LogP contribution < -0.4 is 5.32 Å². The lowest BCUT2D eigenvalue weighted by molar-refractivity contribution is -0.117. The van der Waals surface area contributed by atoms with Crippen molar-refractivity contribution in [3.05, 3.63) is 65.7 Å². The molecule has 0 bridgehead atoms. The largest absolute Gasteiger partial charge is 0.478 e. The molecule has 6 nitrogen and oxygen atoms in total. The van der Waals surface area contributed by atoms with E-state index in [-0.39, 0.29) is 11.5 Å². The SMILES string of the molecule is O=C(CN1CCN(Cc2ccccc2)CC1)Nc1ccc(C(=O)O)cc1. The number of piperazine rings is 1. The highest BCUT2D eigenvalue weighted by Crippen LogP contribution is 2.11. The molecule has 1 heterocycles. The zero-order valence-corrected chi connectivity index (χ0v) is 14.6. The molecule has 6 heteroatoms. The van der Waals surface area contributed by atoms with Crippen LogP contribution in [0.1, 0.15) is 15.9 Å². The molecular formula is C20H23N3O3. The van der Waals surface area contributed by atoms with Crippen LogP contribution in [0.2, 0.25) is 0 Å². The topological polar surface area (TPSA) is 72.9 Å². The van der Waals surface area contributed by atoms with Crippen LogP contribution in [0.4, 0.5) is 5.69 Å². The Balaban J connectivity index is 1.42. The number of anilines is 1. The zero-order valence-electron chi connectivity index (χ0n) is 14.6. The number of carboxylic acid groups (broad SMARTS) is 1. The first-order valence-electron chi connectivity index (χ1n) is 8.72. The highest BCUT2D eigenvalue weighted by Gasteiger charge is 2.19. The molecule has 1 saturated heterocycles. The fourth-order valence-electron chi connectivity index (χ4n) is 3.05. The standard InChI is InChI=1S/C20H23N3O3/c24-19(21-18-8-6-17(7-9-18)20(25)26)15-23-12-10-22(11-13-23)14-16-4-2-1-3-5-16/h1-9H,10-15H2,(H,21,24)(H,25,26). The Kier molecular flexibility index (Phi) is 5.99. The number of hydrogen-bond acceptors (Lipinski definition) is 4. The van der Waals surface area contributed by atoms with Gasteiger partial charge in [-0.25, -0.2) is 4.79 Å². The number of nitrogens with one attached hydrogen (secondary N) is 1. The third kappa shape index (κ3) is 5.15. The third-order valence-corrected chi connectivity index (χ3v) is 4.50. The molecule has 0 radical (unpaired) electrons. The van der Waals surface area contributed by atoms with E-state index in [1.807, 2.05) is 6.07 Å². The smallest absolute Gasteiger partial charge is 0.335 e. The summed E-state index contributed by atoms with van der Waals surface area (Å²) in [5.41, 5.74) is 2.13. The van der Waals surface area contributed by atoms with Crippen LogP contribution >= 0.6 is 0 Å². The fraction of sp³-hybridized carbons (Fsp3) is 0.300. The van der Waals surface area contributed by atoms with Crippen molar-refractivity contribution >= 4 is 17.6 Å². The van der Waals surface area contributed by atoms with Crippen molar-refractivity contribution in [2.24, 2.45) is 0 Å². The van der Waals surface area contributed by atoms with Gasteiger partial charge in [-0.1, -0.05) is 30.3 Å². The molecule has 0 atom stereocenters. The van der Waals surface area contributed by atoms with E-state index in [2.05, 4.69) is 39.4 Å². The molecule has 2 N–H and O–H groups in total. The van der Waals surface area contributed by atoms with Gasteiger partial charge in [0.15, 0.2) is 0 Å². The highest BCUT2D eigenvalue weighted by molar-refractivity contribution is 5.93. The van der Waals surface area contributed by atoms with Crippen molar-refractivity contribution in [1.82, 2.24) is 9.80 Å². The summed E-state index contributed by atoms with van der Waals surface area (Å²) >= 11 is 0. The van der Waals surface area contributed by atoms with E-state index >= 15 is 0 Å². The Morgan fingerprint density at radius 1 is 0.885 bits per heavy atom. The Morgan fingerprint density at radius 3 is 2.12 bits per heavy atom. The van der Waals surface area contributed by atoms with Gasteiger partial charge in [-0.3, -0.25) is 14.6 Å². The van der Waals surface area contributed by atoms with Gasteiger partial charge in [0.25, 0.3) is 0 Å². The average molecular weight is 353 g/mol. The lowest BCUT2D eigenvalue weighted by Gasteiger charge is -2.34. The molecule has 3 rings (SSSR count). The fourth-order valence-corrected chi connectivity index (χ4v) is 3.05. The van der Waals surface area contributed by atoms with Gasteiger partial charge in [0.05, 0.1) is 12.1 Å². The van der Waals surface area contributed by atoms with Crippen LogP contribution in [0.3, 0.4) is 0 Å². The maximum absolute atomic E-state index is 12.2. The number of carboxylic acids is 1. The van der Waals surface area contributed by atoms with E-state index in [1.54, 1.807) is 12.1 Å². The quantitative estimate of drug-likeness (QED) is 0.832. The lowest BCUT2D eigenvalue weighted by Crippen LogP contribution is -2.48. The number of benzene rings is 2. The van der Waals surface area contributed by atoms with E-state index in [0.717, 1.165) is 32.7 Å². The molecule has 136 valence electrons. The van der Waals surface area contributed by atoms with Crippen LogP contribution in [0, 0.1) is 0 Å². The van der Waals surface area contributed by atoms with Gasteiger partial charge in [-0.05, 0) is 29.8 Å². The average Bonchev–Trinajstić information content (AvgIpc) is 2.64. The van der Waals surface area contributed by atoms with Gasteiger partial charge in [0, 0.05) is 38.4 Å². The molecular weight excluding hydrogens is 330 g/mol. The molecule has 1 amide bonds. The molecule has 2 aromatic carbocycles. The number of hydrogen-bond donors (Lipinski definition) is 2. The molecule has 2 aromatic rings. The first kappa shape index (κ1) is 18.1. The van der Waals surface area contributed by atoms with Crippen molar-refractivity contribution in [2.75, 3.05) is 38.0 Å². The molecule has 0 aromatic heterocycles. The van der Waals surface area contributed by atoms with E-state index in [0.29, 0.717) is 12.2 Å². The molecule has 0 saturated carbocycles. The molecule has 0 unspecified atom stereocenters. The number of nitrogens with zero attached hydrogens (tertiary/aromatic N) is 2. The molecule has 1 aliphatic heterocycles. The van der Waals surface area contributed by atoms with Gasteiger partial charge in [-0.15, -0.1) is 0 Å². The number of carbonyl (C=O) groups is 2. The normalized spacial score (nSPS) is 15.5. The maximum atomic E-state index is 12.2. The molecule has 0 spiro atoms. The second-order valence-corrected chi connectivity index (χ2v) is 6.47. The summed E-state index contributed by atoms with van der Waals surface area (Å²) < 4.78 is 0. The van der Waals surface area contributed by atoms with Crippen LogP contribution in [0.25, 0.3) is 0 Å². The number of rotatable bonds is 6. The van der Waals surface area contributed by atoms with Crippen molar-refractivity contribution in [3.63, 3.8) is 0 Å². The van der Waals surface area contributed by atoms with Crippen LogP contribution in [-0.4, -0.2) is 59.5 Å². The highest BCUT2D eigenvalue weighted by atomic mass is 16.4. The minimum absolute atomic E-state index is 0.0791. The van der Waals surface area contributed by atoms with Crippen molar-refractivity contribution in [3.8, 4) is 0 Å². The molecule has 0 aliphatic carbocycles. The Morgan fingerprint density at radius 2 is 1.50 bits per heavy atom. The maximum Gasteiger partial charge on any atom is 0.335 e. The number of amides is 1. The minimum atomic E-state index is -0.976. The summed E-state index contributed by atoms with van der Waals surface area (Å²) in [6.07, 6.45) is 0. The zero-order chi connectivity index (χ0) is 18.4. The second kappa shape index (κ2) is 8.60. The van der Waals surface area contributed by atoms with Crippen molar-refractivity contribution in [2.45, 2.75) is 6.54 Å². The summed E-state index contributed by atoms with van der Waals surface area (Å²) in [6, 6.07) is 16.6. The summed E-state index contributed by atoms with van der Waals surface area (Å²) in [4.78, 5) is 27.6. The van der Waals surface area contributed by atoms with E-state index in [4.69, 9.17) is 5.11 Å². The number of aromatic carboxylic acids is 1. The van der Waals surface area contributed by atoms with E-state index in [9.17, 15) is 9.59 Å². The Labute approximate surface area is 153 Å². The van der Waals surface area contributed by atoms with Gasteiger partial charge in [0.2, 0.25) is 5.91 Å². The third-order valence-electron chi connectivity index (χ3n) is 4.50. The minimum Gasteiger partial charge on any atom is -0.478 e. The summed E-state index contributed by atoms with van der Waals surface area (Å²) in [5.74, 6) is -1.05. The lowest BCUT2D eigenvalue weighted by atomic mass is 10.2. The Bertz CT molecular complexity index is 739. The predicted octanol–water partition coefficient (Wildman–Crippen LogP) is 2.14. The monoisotopic (exact) mass is 353 g/mol. The number of carbonyl (C=O) groups excluding carboxylic acids is 1. The predicted molar refractivity (Wildman–Crippen MR) is 100 cm³/mol. The summed E-state index contributed by atoms with van der Waals surface area (Å²) in [5, 5.41) is 11.7. The van der Waals surface area contributed by atoms with Crippen molar-refractivity contribution < 1.29 is 14.7 Å².